The normalized spacial score (nSPS) is 6.86. The Morgan fingerprint density at radius 1 is 1.07 bits per heavy atom. The molecule has 0 atom stereocenters. The molecule has 1 radical (unpaired) electrons. The van der Waals surface area contributed by atoms with E-state index in [1.165, 1.54) is 0 Å². The molecule has 0 bridgehead atoms. The van der Waals surface area contributed by atoms with Crippen molar-refractivity contribution >= 4 is 0 Å². The van der Waals surface area contributed by atoms with Crippen molar-refractivity contribution in [3.8, 4) is 0 Å². The Morgan fingerprint density at radius 3 is 1.64 bits per heavy atom. The Balaban J connectivity index is -0.0000000400. The molecular weight excluding hydrogens is 249 g/mol. The zero-order chi connectivity index (χ0) is 10.4. The van der Waals surface area contributed by atoms with Crippen molar-refractivity contribution < 1.29 is 32.7 Å². The average Bonchev–Trinajstić information content (AvgIpc) is 2.20. The van der Waals surface area contributed by atoms with Crippen LogP contribution in [-0.2, 0) is 32.7 Å². The van der Waals surface area contributed by atoms with Crippen LogP contribution in [0.4, 0.5) is 0 Å². The van der Waals surface area contributed by atoms with Crippen molar-refractivity contribution in [1.82, 2.24) is 4.90 Å². The summed E-state index contributed by atoms with van der Waals surface area (Å²) in [6, 6.07) is 0. The monoisotopic (exact) mass is 279 g/mol. The standard InChI is InChI=1S/C6H15N2.2C2H6.CH3.Y/c1-4-8(3)6-5-7-2;2*1-2;;/h4-6H2,1-3H3;2*1-2H3;1H3;/q-1;;;-1;. The van der Waals surface area contributed by atoms with E-state index in [0.29, 0.717) is 0 Å². The van der Waals surface area contributed by atoms with Crippen LogP contribution in [0.25, 0.3) is 5.32 Å². The average molecular weight is 279 g/mol. The van der Waals surface area contributed by atoms with E-state index >= 15 is 0 Å². The summed E-state index contributed by atoms with van der Waals surface area (Å²) in [6.07, 6.45) is 0. The molecule has 0 fully saturated rings. The number of nitrogens with zero attached hydrogens (tertiary/aromatic N) is 2. The van der Waals surface area contributed by atoms with Crippen molar-refractivity contribution in [1.29, 1.82) is 0 Å². The summed E-state index contributed by atoms with van der Waals surface area (Å²) in [5, 5.41) is 3.98. The van der Waals surface area contributed by atoms with E-state index in [2.05, 4.69) is 24.2 Å². The molecule has 0 aliphatic heterocycles. The molecular formula is C11H30N2Y-2. The third kappa shape index (κ3) is 38.2. The molecule has 2 nitrogen and oxygen atoms in total. The molecule has 0 aromatic carbocycles. The molecule has 0 saturated heterocycles. The van der Waals surface area contributed by atoms with Crippen molar-refractivity contribution in [2.75, 3.05) is 33.7 Å². The van der Waals surface area contributed by atoms with Gasteiger partial charge in [-0.05, 0) is 20.1 Å². The quantitative estimate of drug-likeness (QED) is 0.721. The molecule has 0 heterocycles. The van der Waals surface area contributed by atoms with Crippen molar-refractivity contribution in [3.05, 3.63) is 12.7 Å². The van der Waals surface area contributed by atoms with Crippen LogP contribution in [0.15, 0.2) is 0 Å². The Kier molecular flexibility index (Phi) is 77.6. The van der Waals surface area contributed by atoms with Crippen LogP contribution < -0.4 is 0 Å². The Hall–Kier alpha value is 1.02. The number of hydrogen-bond acceptors (Lipinski definition) is 1. The molecule has 3 heteroatoms. The molecule has 0 aromatic heterocycles. The summed E-state index contributed by atoms with van der Waals surface area (Å²) in [7, 11) is 3.95. The van der Waals surface area contributed by atoms with Crippen LogP contribution in [0.5, 0.6) is 0 Å². The molecule has 14 heavy (non-hydrogen) atoms. The van der Waals surface area contributed by atoms with E-state index in [0.717, 1.165) is 19.6 Å². The van der Waals surface area contributed by atoms with Gasteiger partial charge in [-0.3, -0.25) is 0 Å². The summed E-state index contributed by atoms with van der Waals surface area (Å²) in [5.74, 6) is 0. The second-order valence-corrected chi connectivity index (χ2v) is 1.94. The van der Waals surface area contributed by atoms with Crippen LogP contribution in [0.1, 0.15) is 34.6 Å². The van der Waals surface area contributed by atoms with E-state index in [4.69, 9.17) is 0 Å². The second-order valence-electron chi connectivity index (χ2n) is 1.94. The number of hydrogen-bond donors (Lipinski definition) is 0. The minimum absolute atomic E-state index is 0. The maximum atomic E-state index is 3.98. The molecule has 0 spiro atoms. The summed E-state index contributed by atoms with van der Waals surface area (Å²) in [5.41, 5.74) is 0. The van der Waals surface area contributed by atoms with E-state index in [-0.39, 0.29) is 40.1 Å². The van der Waals surface area contributed by atoms with Gasteiger partial charge in [-0.2, -0.15) is 7.05 Å². The predicted molar refractivity (Wildman–Crippen MR) is 66.4 cm³/mol. The van der Waals surface area contributed by atoms with Gasteiger partial charge in [0.05, 0.1) is 0 Å². The molecule has 0 aliphatic rings. The van der Waals surface area contributed by atoms with Crippen LogP contribution in [-0.4, -0.2) is 38.6 Å². The predicted octanol–water partition coefficient (Wildman–Crippen LogP) is 3.44. The van der Waals surface area contributed by atoms with Crippen molar-refractivity contribution in [2.24, 2.45) is 0 Å². The van der Waals surface area contributed by atoms with Gasteiger partial charge in [0.1, 0.15) is 0 Å². The smallest absolute Gasteiger partial charge is 0 e. The van der Waals surface area contributed by atoms with E-state index < -0.39 is 0 Å². The summed E-state index contributed by atoms with van der Waals surface area (Å²) < 4.78 is 0. The van der Waals surface area contributed by atoms with Crippen LogP contribution >= 0.6 is 0 Å². The Bertz CT molecular complexity index is 52.6. The molecule has 0 rings (SSSR count). The first kappa shape index (κ1) is 29.4. The maximum Gasteiger partial charge on any atom is 0 e. The molecule has 0 amide bonds. The minimum Gasteiger partial charge on any atom is -0.664 e. The maximum absolute atomic E-state index is 3.98. The largest absolute Gasteiger partial charge is 0.664 e. The number of likely N-dealkylation sites (N-methyl/N-ethyl adjacent to an activating group) is 2. The second kappa shape index (κ2) is 36.9. The summed E-state index contributed by atoms with van der Waals surface area (Å²) >= 11 is 0. The Morgan fingerprint density at radius 2 is 1.43 bits per heavy atom. The SMILES string of the molecule is CC.CC.CCN(C)CC[N-]C.[CH3-].[Y]. The van der Waals surface area contributed by atoms with Gasteiger partial charge in [0.15, 0.2) is 0 Å². The molecule has 89 valence electrons. The van der Waals surface area contributed by atoms with Crippen LogP contribution in [0, 0.1) is 7.43 Å². The first-order valence-corrected chi connectivity index (χ1v) is 5.05. The molecule has 0 N–H and O–H groups in total. The van der Waals surface area contributed by atoms with E-state index in [1.807, 2.05) is 34.7 Å². The number of rotatable bonds is 4. The fourth-order valence-corrected chi connectivity index (χ4v) is 0.429. The minimum atomic E-state index is 0. The van der Waals surface area contributed by atoms with Crippen LogP contribution in [0.2, 0.25) is 0 Å². The molecule has 0 unspecified atom stereocenters. The van der Waals surface area contributed by atoms with Gasteiger partial charge < -0.3 is 17.6 Å². The molecule has 0 aliphatic carbocycles. The molecule has 0 aromatic rings. The van der Waals surface area contributed by atoms with Gasteiger partial charge in [-0.15, -0.1) is 6.54 Å². The zero-order valence-electron chi connectivity index (χ0n) is 11.6. The first-order chi connectivity index (χ1) is 5.81. The van der Waals surface area contributed by atoms with Crippen molar-refractivity contribution in [2.45, 2.75) is 34.6 Å². The van der Waals surface area contributed by atoms with E-state index in [9.17, 15) is 0 Å². The van der Waals surface area contributed by atoms with Gasteiger partial charge in [-0.1, -0.05) is 34.6 Å². The summed E-state index contributed by atoms with van der Waals surface area (Å²) in [4.78, 5) is 2.24. The third-order valence-electron chi connectivity index (χ3n) is 1.25. The summed E-state index contributed by atoms with van der Waals surface area (Å²) in [6.45, 7) is 13.3. The van der Waals surface area contributed by atoms with Gasteiger partial charge in [-0.25, -0.2) is 0 Å². The zero-order valence-corrected chi connectivity index (χ0v) is 14.4. The third-order valence-corrected chi connectivity index (χ3v) is 1.25. The van der Waals surface area contributed by atoms with Crippen molar-refractivity contribution in [3.63, 3.8) is 0 Å². The first-order valence-electron chi connectivity index (χ1n) is 5.05. The van der Waals surface area contributed by atoms with Gasteiger partial charge >= 0.3 is 0 Å². The van der Waals surface area contributed by atoms with Gasteiger partial charge in [0.25, 0.3) is 0 Å². The fraction of sp³-hybridized carbons (Fsp3) is 0.909. The fourth-order valence-electron chi connectivity index (χ4n) is 0.429. The van der Waals surface area contributed by atoms with Gasteiger partial charge in [0, 0.05) is 32.7 Å². The topological polar surface area (TPSA) is 17.3 Å². The van der Waals surface area contributed by atoms with E-state index in [1.54, 1.807) is 0 Å². The molecule has 0 saturated carbocycles. The van der Waals surface area contributed by atoms with Crippen LogP contribution in [0.3, 0.4) is 0 Å². The Labute approximate surface area is 118 Å². The van der Waals surface area contributed by atoms with Gasteiger partial charge in [0.2, 0.25) is 0 Å².